The van der Waals surface area contributed by atoms with Crippen molar-refractivity contribution in [3.05, 3.63) is 63.7 Å². The predicted octanol–water partition coefficient (Wildman–Crippen LogP) is 7.03. The van der Waals surface area contributed by atoms with Crippen molar-refractivity contribution in [1.82, 2.24) is 5.32 Å². The molecule has 13 heteroatoms. The predicted molar refractivity (Wildman–Crippen MR) is 141 cm³/mol. The molecular weight excluding hydrogens is 554 g/mol. The molecule has 2 aliphatic rings. The molecule has 0 radical (unpaired) electrons. The Morgan fingerprint density at radius 1 is 0.976 bits per heavy atom. The van der Waals surface area contributed by atoms with Gasteiger partial charge in [-0.1, -0.05) is 6.92 Å². The average Bonchev–Trinajstić information content (AvgIpc) is 2.92. The van der Waals surface area contributed by atoms with Gasteiger partial charge in [0.2, 0.25) is 5.91 Å². The molecule has 0 spiro atoms. The smallest absolute Gasteiger partial charge is 0.382 e. The number of halogens is 6. The van der Waals surface area contributed by atoms with E-state index in [-0.39, 0.29) is 23.6 Å². The van der Waals surface area contributed by atoms with E-state index in [0.29, 0.717) is 51.0 Å². The van der Waals surface area contributed by atoms with Crippen LogP contribution in [0.1, 0.15) is 56.6 Å². The first-order valence-corrected chi connectivity index (χ1v) is 13.5. The van der Waals surface area contributed by atoms with Crippen LogP contribution in [0.4, 0.5) is 43.4 Å². The molecule has 1 amide bonds. The first-order chi connectivity index (χ1) is 19.2. The van der Waals surface area contributed by atoms with Crippen molar-refractivity contribution < 1.29 is 36.1 Å². The molecule has 1 aliphatic heterocycles. The largest absolute Gasteiger partial charge is 0.423 e. The van der Waals surface area contributed by atoms with Crippen LogP contribution in [0.3, 0.4) is 0 Å². The first-order valence-electron chi connectivity index (χ1n) is 13.5. The Bertz CT molecular complexity index is 1230. The lowest BCUT2D eigenvalue weighted by molar-refractivity contribution is -0.388. The molecule has 0 unspecified atom stereocenters. The monoisotopic (exact) mass is 586 g/mol. The summed E-state index contributed by atoms with van der Waals surface area (Å²) in [5, 5.41) is 17.1. The van der Waals surface area contributed by atoms with Crippen molar-refractivity contribution in [1.29, 1.82) is 0 Å². The Labute approximate surface area is 233 Å². The number of nitrogens with one attached hydrogen (secondary N) is 2. The van der Waals surface area contributed by atoms with Gasteiger partial charge in [0, 0.05) is 48.5 Å². The van der Waals surface area contributed by atoms with E-state index in [1.54, 1.807) is 0 Å². The first kappa shape index (κ1) is 30.4. The highest BCUT2D eigenvalue weighted by Crippen LogP contribution is 2.39. The van der Waals surface area contributed by atoms with Crippen LogP contribution >= 0.6 is 0 Å². The molecule has 1 heterocycles. The van der Waals surface area contributed by atoms with E-state index in [0.717, 1.165) is 37.1 Å². The van der Waals surface area contributed by atoms with Crippen molar-refractivity contribution in [2.75, 3.05) is 29.9 Å². The standard InChI is InChI=1S/C28H32F6N4O3/c1-26(12-14-37(15-13-26)22-9-4-19(5-10-22)27(29,30)31)25(39)35-17-18-2-6-20(7-3-18)36-21-8-11-24(38(40)41)23(16-21)28(32,33)34/h4-5,8-11,16,18,20,36H,2-3,6-7,12-15,17H2,1H3,(H,35,39). The number of nitro groups is 1. The van der Waals surface area contributed by atoms with Crippen LogP contribution in [0.2, 0.25) is 0 Å². The highest BCUT2D eigenvalue weighted by atomic mass is 19.4. The van der Waals surface area contributed by atoms with Crippen LogP contribution in [0.15, 0.2) is 42.5 Å². The van der Waals surface area contributed by atoms with Crippen LogP contribution in [0.25, 0.3) is 0 Å². The van der Waals surface area contributed by atoms with Crippen molar-refractivity contribution >= 4 is 23.0 Å². The second-order valence-corrected chi connectivity index (χ2v) is 11.2. The SMILES string of the molecule is CC1(C(=O)NCC2CCC(Nc3ccc([N+](=O)[O-])c(C(F)(F)F)c3)CC2)CCN(c2ccc(C(F)(F)F)cc2)CC1. The van der Waals surface area contributed by atoms with Gasteiger partial charge in [0.25, 0.3) is 5.69 Å². The zero-order valence-corrected chi connectivity index (χ0v) is 22.4. The van der Waals surface area contributed by atoms with Gasteiger partial charge in [-0.2, -0.15) is 26.3 Å². The van der Waals surface area contributed by atoms with E-state index in [1.807, 2.05) is 11.8 Å². The summed E-state index contributed by atoms with van der Waals surface area (Å²) in [5.41, 5.74) is -2.70. The van der Waals surface area contributed by atoms with Gasteiger partial charge in [-0.15, -0.1) is 0 Å². The molecule has 0 aromatic heterocycles. The lowest BCUT2D eigenvalue weighted by atomic mass is 9.79. The van der Waals surface area contributed by atoms with Crippen molar-refractivity contribution in [3.8, 4) is 0 Å². The number of alkyl halides is 6. The normalized spacial score (nSPS) is 21.3. The Kier molecular flexibility index (Phi) is 8.74. The molecule has 41 heavy (non-hydrogen) atoms. The zero-order valence-electron chi connectivity index (χ0n) is 22.4. The third-order valence-electron chi connectivity index (χ3n) is 8.24. The van der Waals surface area contributed by atoms with Crippen LogP contribution in [0.5, 0.6) is 0 Å². The van der Waals surface area contributed by atoms with E-state index in [2.05, 4.69) is 10.6 Å². The van der Waals surface area contributed by atoms with E-state index in [9.17, 15) is 41.3 Å². The third kappa shape index (κ3) is 7.42. The van der Waals surface area contributed by atoms with Gasteiger partial charge < -0.3 is 15.5 Å². The summed E-state index contributed by atoms with van der Waals surface area (Å²) in [5.74, 6) is 0.158. The Morgan fingerprint density at radius 2 is 1.59 bits per heavy atom. The molecule has 1 saturated heterocycles. The highest BCUT2D eigenvalue weighted by Gasteiger charge is 2.39. The number of nitro benzene ring substituents is 1. The lowest BCUT2D eigenvalue weighted by Gasteiger charge is -2.40. The highest BCUT2D eigenvalue weighted by molar-refractivity contribution is 5.82. The summed E-state index contributed by atoms with van der Waals surface area (Å²) in [6.07, 6.45) is -5.23. The van der Waals surface area contributed by atoms with Gasteiger partial charge in [-0.25, -0.2) is 0 Å². The fourth-order valence-corrected chi connectivity index (χ4v) is 5.56. The molecule has 2 aromatic carbocycles. The van der Waals surface area contributed by atoms with E-state index < -0.39 is 39.5 Å². The maximum absolute atomic E-state index is 13.3. The number of carbonyl (C=O) groups is 1. The fraction of sp³-hybridized carbons (Fsp3) is 0.536. The third-order valence-corrected chi connectivity index (χ3v) is 8.24. The van der Waals surface area contributed by atoms with Crippen LogP contribution in [-0.4, -0.2) is 36.5 Å². The van der Waals surface area contributed by atoms with Crippen molar-refractivity contribution in [3.63, 3.8) is 0 Å². The van der Waals surface area contributed by atoms with Gasteiger partial charge >= 0.3 is 12.4 Å². The minimum atomic E-state index is -4.84. The number of hydrogen-bond donors (Lipinski definition) is 2. The summed E-state index contributed by atoms with van der Waals surface area (Å²) in [6, 6.07) is 7.85. The Hall–Kier alpha value is -3.51. The maximum atomic E-state index is 13.3. The van der Waals surface area contributed by atoms with Crippen LogP contribution in [-0.2, 0) is 17.1 Å². The molecule has 2 N–H and O–H groups in total. The summed E-state index contributed by atoms with van der Waals surface area (Å²) in [6.45, 7) is 3.47. The van der Waals surface area contributed by atoms with Gasteiger partial charge in [0.1, 0.15) is 5.56 Å². The molecule has 0 atom stereocenters. The molecule has 2 fully saturated rings. The number of carbonyl (C=O) groups excluding carboxylic acids is 1. The van der Waals surface area contributed by atoms with Gasteiger partial charge in [0.05, 0.1) is 10.5 Å². The number of rotatable bonds is 7. The fourth-order valence-electron chi connectivity index (χ4n) is 5.56. The molecule has 0 bridgehead atoms. The Morgan fingerprint density at radius 3 is 2.12 bits per heavy atom. The van der Waals surface area contributed by atoms with E-state index in [4.69, 9.17) is 0 Å². The molecule has 1 aliphatic carbocycles. The second-order valence-electron chi connectivity index (χ2n) is 11.2. The van der Waals surface area contributed by atoms with Crippen molar-refractivity contribution in [2.45, 2.75) is 63.8 Å². The summed E-state index contributed by atoms with van der Waals surface area (Å²) >= 11 is 0. The summed E-state index contributed by atoms with van der Waals surface area (Å²) in [4.78, 5) is 24.9. The molecular formula is C28H32F6N4O3. The maximum Gasteiger partial charge on any atom is 0.423 e. The minimum Gasteiger partial charge on any atom is -0.382 e. The van der Waals surface area contributed by atoms with E-state index in [1.165, 1.54) is 18.2 Å². The molecule has 4 rings (SSSR count). The van der Waals surface area contributed by atoms with Crippen LogP contribution in [0, 0.1) is 21.4 Å². The Balaban J connectivity index is 1.22. The van der Waals surface area contributed by atoms with Crippen LogP contribution < -0.4 is 15.5 Å². The average molecular weight is 587 g/mol. The number of piperidine rings is 1. The topological polar surface area (TPSA) is 87.5 Å². The van der Waals surface area contributed by atoms with Gasteiger partial charge in [-0.05, 0) is 80.8 Å². The van der Waals surface area contributed by atoms with Crippen molar-refractivity contribution in [2.24, 2.45) is 11.3 Å². The minimum absolute atomic E-state index is 0.0598. The second kappa shape index (κ2) is 11.8. The number of anilines is 2. The number of amides is 1. The number of benzene rings is 2. The molecule has 1 saturated carbocycles. The summed E-state index contributed by atoms with van der Waals surface area (Å²) < 4.78 is 78.3. The molecule has 2 aromatic rings. The summed E-state index contributed by atoms with van der Waals surface area (Å²) in [7, 11) is 0. The molecule has 224 valence electrons. The number of nitrogens with zero attached hydrogens (tertiary/aromatic N) is 2. The van der Waals surface area contributed by atoms with Gasteiger partial charge in [0.15, 0.2) is 0 Å². The quantitative estimate of drug-likeness (QED) is 0.207. The number of hydrogen-bond acceptors (Lipinski definition) is 5. The molecule has 7 nitrogen and oxygen atoms in total. The lowest BCUT2D eigenvalue weighted by Crippen LogP contribution is -2.48. The van der Waals surface area contributed by atoms with Gasteiger partial charge in [-0.3, -0.25) is 14.9 Å². The van der Waals surface area contributed by atoms with E-state index >= 15 is 0 Å². The zero-order chi connectivity index (χ0) is 30.0.